The summed E-state index contributed by atoms with van der Waals surface area (Å²) in [6, 6.07) is 1.27. The van der Waals surface area contributed by atoms with E-state index in [2.05, 4.69) is 25.4 Å². The molecule has 1 aromatic heterocycles. The lowest BCUT2D eigenvalue weighted by Gasteiger charge is -1.98. The second-order valence-electron chi connectivity index (χ2n) is 2.45. The monoisotopic (exact) mass is 313 g/mol. The zero-order valence-corrected chi connectivity index (χ0v) is 11.1. The van der Waals surface area contributed by atoms with E-state index in [1.54, 1.807) is 0 Å². The molecule has 0 aromatic carbocycles. The van der Waals surface area contributed by atoms with Crippen LogP contribution in [0.25, 0.3) is 0 Å². The lowest BCUT2D eigenvalue weighted by molar-refractivity contribution is 0.0606. The number of rotatable bonds is 3. The molecule has 0 atom stereocenters. The van der Waals surface area contributed by atoms with Crippen molar-refractivity contribution in [2.45, 2.75) is 4.90 Å². The van der Waals surface area contributed by atoms with Crippen LogP contribution in [0, 0.1) is 0 Å². The second kappa shape index (κ2) is 4.60. The lowest BCUT2D eigenvalue weighted by Crippen LogP contribution is -2.18. The molecule has 1 aromatic rings. The number of carbonyl (C=O) groups excluding carboxylic acids is 1. The number of esters is 1. The Labute approximate surface area is 99.6 Å². The molecule has 1 N–H and O–H groups in total. The Bertz CT molecular complexity index is 479. The molecule has 0 bridgehead atoms. The zero-order chi connectivity index (χ0) is 11.6. The summed E-state index contributed by atoms with van der Waals surface area (Å²) in [5, 5.41) is 0. The first-order valence-corrected chi connectivity index (χ1v) is 6.83. The van der Waals surface area contributed by atoms with E-state index in [-0.39, 0.29) is 9.77 Å². The van der Waals surface area contributed by atoms with Crippen LogP contribution in [0.4, 0.5) is 0 Å². The molecule has 1 rings (SSSR count). The van der Waals surface area contributed by atoms with Gasteiger partial charge in [-0.1, -0.05) is 0 Å². The highest BCUT2D eigenvalue weighted by atomic mass is 79.9. The van der Waals surface area contributed by atoms with Crippen molar-refractivity contribution < 1.29 is 17.9 Å². The summed E-state index contributed by atoms with van der Waals surface area (Å²) in [6.45, 7) is 0. The Morgan fingerprint density at radius 2 is 2.20 bits per heavy atom. The van der Waals surface area contributed by atoms with Gasteiger partial charge in [-0.2, -0.15) is 0 Å². The molecular weight excluding hydrogens is 306 g/mol. The van der Waals surface area contributed by atoms with Gasteiger partial charge in [0, 0.05) is 0 Å². The van der Waals surface area contributed by atoms with E-state index in [1.165, 1.54) is 20.2 Å². The summed E-state index contributed by atoms with van der Waals surface area (Å²) in [6.07, 6.45) is 0. The van der Waals surface area contributed by atoms with Crippen LogP contribution in [-0.4, -0.2) is 28.5 Å². The van der Waals surface area contributed by atoms with Gasteiger partial charge in [-0.25, -0.2) is 17.9 Å². The molecule has 0 radical (unpaired) electrons. The average molecular weight is 314 g/mol. The highest BCUT2D eigenvalue weighted by Crippen LogP contribution is 2.31. The van der Waals surface area contributed by atoms with Crippen LogP contribution in [0.15, 0.2) is 14.7 Å². The SMILES string of the molecule is CNS(=O)(=O)c1cc(C(=O)OC)sc1Br. The molecule has 5 nitrogen and oxygen atoms in total. The van der Waals surface area contributed by atoms with Crippen molar-refractivity contribution in [1.82, 2.24) is 4.72 Å². The Morgan fingerprint density at radius 3 is 2.67 bits per heavy atom. The highest BCUT2D eigenvalue weighted by molar-refractivity contribution is 9.11. The van der Waals surface area contributed by atoms with Gasteiger partial charge in [-0.05, 0) is 29.0 Å². The summed E-state index contributed by atoms with van der Waals surface area (Å²) in [5.74, 6) is -0.557. The van der Waals surface area contributed by atoms with E-state index in [0.717, 1.165) is 11.3 Å². The molecule has 1 heterocycles. The van der Waals surface area contributed by atoms with Crippen molar-refractivity contribution in [3.8, 4) is 0 Å². The third kappa shape index (κ3) is 2.57. The maximum absolute atomic E-state index is 11.5. The number of hydrogen-bond acceptors (Lipinski definition) is 5. The van der Waals surface area contributed by atoms with Gasteiger partial charge in [0.25, 0.3) is 0 Å². The van der Waals surface area contributed by atoms with Crippen molar-refractivity contribution in [2.75, 3.05) is 14.2 Å². The van der Waals surface area contributed by atoms with Gasteiger partial charge in [0.05, 0.1) is 10.9 Å². The van der Waals surface area contributed by atoms with Gasteiger partial charge in [-0.3, -0.25) is 0 Å². The molecular formula is C7H8BrNO4S2. The summed E-state index contributed by atoms with van der Waals surface area (Å²) < 4.78 is 29.9. The van der Waals surface area contributed by atoms with Gasteiger partial charge in [0.2, 0.25) is 10.0 Å². The molecule has 0 spiro atoms. The Kier molecular flexibility index (Phi) is 3.87. The molecule has 84 valence electrons. The van der Waals surface area contributed by atoms with Gasteiger partial charge in [0.1, 0.15) is 9.77 Å². The van der Waals surface area contributed by atoms with Gasteiger partial charge in [-0.15, -0.1) is 11.3 Å². The Balaban J connectivity index is 3.24. The maximum atomic E-state index is 11.5. The lowest BCUT2D eigenvalue weighted by atomic mass is 10.5. The van der Waals surface area contributed by atoms with Crippen molar-refractivity contribution >= 4 is 43.3 Å². The van der Waals surface area contributed by atoms with Crippen molar-refractivity contribution in [3.05, 3.63) is 14.7 Å². The highest BCUT2D eigenvalue weighted by Gasteiger charge is 2.22. The van der Waals surface area contributed by atoms with E-state index in [1.807, 2.05) is 0 Å². The predicted octanol–water partition coefficient (Wildman–Crippen LogP) is 1.21. The predicted molar refractivity (Wildman–Crippen MR) is 59.6 cm³/mol. The number of halogens is 1. The third-order valence-corrected chi connectivity index (χ3v) is 5.25. The van der Waals surface area contributed by atoms with Crippen LogP contribution in [0.5, 0.6) is 0 Å². The topological polar surface area (TPSA) is 72.5 Å². The van der Waals surface area contributed by atoms with E-state index >= 15 is 0 Å². The molecule has 0 fully saturated rings. The summed E-state index contributed by atoms with van der Waals surface area (Å²) >= 11 is 4.10. The zero-order valence-electron chi connectivity index (χ0n) is 7.90. The minimum absolute atomic E-state index is 0.0374. The molecule has 8 heteroatoms. The molecule has 0 unspecified atom stereocenters. The minimum atomic E-state index is -3.54. The molecule has 0 aliphatic heterocycles. The third-order valence-electron chi connectivity index (χ3n) is 1.60. The summed E-state index contributed by atoms with van der Waals surface area (Å²) in [7, 11) is -1.00. The largest absolute Gasteiger partial charge is 0.465 e. The number of carbonyl (C=O) groups is 1. The van der Waals surface area contributed by atoms with Gasteiger partial charge in [0.15, 0.2) is 0 Å². The van der Waals surface area contributed by atoms with Crippen LogP contribution in [-0.2, 0) is 14.8 Å². The summed E-state index contributed by atoms with van der Waals surface area (Å²) in [4.78, 5) is 11.4. The van der Waals surface area contributed by atoms with Crippen molar-refractivity contribution in [3.63, 3.8) is 0 Å². The van der Waals surface area contributed by atoms with E-state index in [9.17, 15) is 13.2 Å². The fourth-order valence-corrected chi connectivity index (χ4v) is 4.05. The number of hydrogen-bond donors (Lipinski definition) is 1. The van der Waals surface area contributed by atoms with Crippen LogP contribution >= 0.6 is 27.3 Å². The normalized spacial score (nSPS) is 11.4. The summed E-state index contributed by atoms with van der Waals surface area (Å²) in [5.41, 5.74) is 0. The van der Waals surface area contributed by atoms with Crippen LogP contribution in [0.3, 0.4) is 0 Å². The van der Waals surface area contributed by atoms with Crippen LogP contribution in [0.2, 0.25) is 0 Å². The standard InChI is InChI=1S/C7H8BrNO4S2/c1-9-15(11,12)5-3-4(7(10)13-2)14-6(5)8/h3,9H,1-2H3. The fourth-order valence-electron chi connectivity index (χ4n) is 0.846. The first kappa shape index (κ1) is 12.6. The fraction of sp³-hybridized carbons (Fsp3) is 0.286. The number of ether oxygens (including phenoxy) is 1. The Morgan fingerprint density at radius 1 is 1.60 bits per heavy atom. The maximum Gasteiger partial charge on any atom is 0.348 e. The number of nitrogens with one attached hydrogen (secondary N) is 1. The quantitative estimate of drug-likeness (QED) is 0.851. The second-order valence-corrected chi connectivity index (χ2v) is 6.67. The van der Waals surface area contributed by atoms with E-state index < -0.39 is 16.0 Å². The number of thiophene rings is 1. The van der Waals surface area contributed by atoms with E-state index in [0.29, 0.717) is 3.79 Å². The average Bonchev–Trinajstić information content (AvgIpc) is 2.60. The number of methoxy groups -OCH3 is 1. The number of sulfonamides is 1. The molecule has 0 saturated carbocycles. The smallest absolute Gasteiger partial charge is 0.348 e. The Hall–Kier alpha value is -0.440. The molecule has 0 aliphatic carbocycles. The van der Waals surface area contributed by atoms with Crippen LogP contribution < -0.4 is 4.72 Å². The first-order valence-electron chi connectivity index (χ1n) is 3.73. The molecule has 0 aliphatic rings. The first-order chi connectivity index (χ1) is 6.92. The molecule has 0 amide bonds. The minimum Gasteiger partial charge on any atom is -0.465 e. The van der Waals surface area contributed by atoms with Crippen LogP contribution in [0.1, 0.15) is 9.67 Å². The van der Waals surface area contributed by atoms with Gasteiger partial charge < -0.3 is 4.74 Å². The van der Waals surface area contributed by atoms with E-state index in [4.69, 9.17) is 0 Å². The van der Waals surface area contributed by atoms with Crippen molar-refractivity contribution in [1.29, 1.82) is 0 Å². The molecule has 0 saturated heterocycles. The molecule has 15 heavy (non-hydrogen) atoms. The van der Waals surface area contributed by atoms with Crippen molar-refractivity contribution in [2.24, 2.45) is 0 Å². The van der Waals surface area contributed by atoms with Gasteiger partial charge >= 0.3 is 5.97 Å².